The molecule has 19 heavy (non-hydrogen) atoms. The molecule has 1 heterocycles. The molecule has 0 saturated carbocycles. The second-order valence-corrected chi connectivity index (χ2v) is 5.63. The van der Waals surface area contributed by atoms with Crippen molar-refractivity contribution in [2.45, 2.75) is 20.4 Å². The highest BCUT2D eigenvalue weighted by atomic mass is 19.1. The number of nitrogens with zero attached hydrogens (tertiary/aromatic N) is 2. The molecule has 1 aliphatic rings. The Kier molecular flexibility index (Phi) is 4.77. The number of nitrogens with two attached hydrogens (primary N) is 1. The fourth-order valence-electron chi connectivity index (χ4n) is 2.75. The van der Waals surface area contributed by atoms with Crippen LogP contribution in [0.25, 0.3) is 0 Å². The summed E-state index contributed by atoms with van der Waals surface area (Å²) in [7, 11) is 0. The third-order valence-corrected chi connectivity index (χ3v) is 3.60. The zero-order valence-electron chi connectivity index (χ0n) is 11.9. The molecule has 3 nitrogen and oxygen atoms in total. The number of anilines is 1. The third kappa shape index (κ3) is 3.45. The van der Waals surface area contributed by atoms with Crippen LogP contribution in [0.3, 0.4) is 0 Å². The van der Waals surface area contributed by atoms with Crippen molar-refractivity contribution in [1.82, 2.24) is 4.90 Å². The van der Waals surface area contributed by atoms with E-state index in [1.807, 2.05) is 6.07 Å². The number of halogens is 1. The summed E-state index contributed by atoms with van der Waals surface area (Å²) in [6.07, 6.45) is 0. The molecule has 0 atom stereocenters. The molecule has 0 bridgehead atoms. The molecule has 2 N–H and O–H groups in total. The summed E-state index contributed by atoms with van der Waals surface area (Å²) >= 11 is 0. The topological polar surface area (TPSA) is 32.5 Å². The number of hydrogen-bond acceptors (Lipinski definition) is 3. The summed E-state index contributed by atoms with van der Waals surface area (Å²) in [4.78, 5) is 4.58. The number of rotatable bonds is 4. The molecule has 2 rings (SSSR count). The quantitative estimate of drug-likeness (QED) is 0.904. The fraction of sp³-hybridized carbons (Fsp3) is 0.600. The Morgan fingerprint density at radius 3 is 2.47 bits per heavy atom. The fourth-order valence-corrected chi connectivity index (χ4v) is 2.75. The third-order valence-electron chi connectivity index (χ3n) is 3.60. The summed E-state index contributed by atoms with van der Waals surface area (Å²) < 4.78 is 14.0. The molecule has 1 fully saturated rings. The van der Waals surface area contributed by atoms with Crippen LogP contribution >= 0.6 is 0 Å². The van der Waals surface area contributed by atoms with Crippen LogP contribution in [-0.2, 0) is 6.54 Å². The smallest absolute Gasteiger partial charge is 0.146 e. The first-order valence-corrected chi connectivity index (χ1v) is 7.06. The second-order valence-electron chi connectivity index (χ2n) is 5.63. The number of hydrogen-bond donors (Lipinski definition) is 1. The van der Waals surface area contributed by atoms with Crippen LogP contribution in [0.4, 0.5) is 10.1 Å². The monoisotopic (exact) mass is 265 g/mol. The van der Waals surface area contributed by atoms with Gasteiger partial charge in [0.1, 0.15) is 5.82 Å². The van der Waals surface area contributed by atoms with E-state index in [1.165, 1.54) is 6.07 Å². The highest BCUT2D eigenvalue weighted by molar-refractivity contribution is 5.55. The van der Waals surface area contributed by atoms with Gasteiger partial charge in [-0.2, -0.15) is 0 Å². The maximum atomic E-state index is 14.0. The molecule has 1 aromatic carbocycles. The molecule has 0 aromatic heterocycles. The number of benzene rings is 1. The van der Waals surface area contributed by atoms with Gasteiger partial charge in [0.25, 0.3) is 0 Å². The minimum absolute atomic E-state index is 0.153. The van der Waals surface area contributed by atoms with E-state index >= 15 is 0 Å². The Hall–Kier alpha value is -1.13. The van der Waals surface area contributed by atoms with E-state index in [1.54, 1.807) is 6.07 Å². The molecule has 0 amide bonds. The summed E-state index contributed by atoms with van der Waals surface area (Å²) in [6.45, 7) is 9.72. The van der Waals surface area contributed by atoms with E-state index in [-0.39, 0.29) is 5.82 Å². The molecule has 0 aliphatic carbocycles. The van der Waals surface area contributed by atoms with Gasteiger partial charge in [0.05, 0.1) is 5.69 Å². The van der Waals surface area contributed by atoms with Gasteiger partial charge in [0, 0.05) is 39.3 Å². The molecule has 1 saturated heterocycles. The lowest BCUT2D eigenvalue weighted by atomic mass is 10.1. The molecule has 0 unspecified atom stereocenters. The SMILES string of the molecule is CC(C)CN1CCN(c2c(F)cccc2CN)CC1. The number of piperazine rings is 1. The minimum Gasteiger partial charge on any atom is -0.366 e. The predicted octanol–water partition coefficient (Wildman–Crippen LogP) is 2.06. The van der Waals surface area contributed by atoms with Crippen LogP contribution in [-0.4, -0.2) is 37.6 Å². The van der Waals surface area contributed by atoms with Crippen molar-refractivity contribution in [3.8, 4) is 0 Å². The zero-order chi connectivity index (χ0) is 13.8. The Balaban J connectivity index is 2.05. The lowest BCUT2D eigenvalue weighted by Gasteiger charge is -2.37. The normalized spacial score (nSPS) is 17.2. The van der Waals surface area contributed by atoms with Crippen LogP contribution in [0.2, 0.25) is 0 Å². The van der Waals surface area contributed by atoms with E-state index in [0.29, 0.717) is 18.2 Å². The predicted molar refractivity (Wildman–Crippen MR) is 77.8 cm³/mol. The van der Waals surface area contributed by atoms with Gasteiger partial charge in [-0.25, -0.2) is 4.39 Å². The van der Waals surface area contributed by atoms with Gasteiger partial charge in [-0.15, -0.1) is 0 Å². The molecular weight excluding hydrogens is 241 g/mol. The van der Waals surface area contributed by atoms with E-state index < -0.39 is 0 Å². The lowest BCUT2D eigenvalue weighted by Crippen LogP contribution is -2.48. The van der Waals surface area contributed by atoms with E-state index in [0.717, 1.165) is 38.3 Å². The maximum absolute atomic E-state index is 14.0. The van der Waals surface area contributed by atoms with Gasteiger partial charge in [-0.1, -0.05) is 26.0 Å². The molecule has 4 heteroatoms. The van der Waals surface area contributed by atoms with Gasteiger partial charge < -0.3 is 10.6 Å². The average molecular weight is 265 g/mol. The Morgan fingerprint density at radius 2 is 1.89 bits per heavy atom. The Bertz CT molecular complexity index is 412. The van der Waals surface area contributed by atoms with Crippen LogP contribution < -0.4 is 10.6 Å². The standard InChI is InChI=1S/C15H24FN3/c1-12(2)11-18-6-8-19(9-7-18)15-13(10-17)4-3-5-14(15)16/h3-5,12H,6-11,17H2,1-2H3. The summed E-state index contributed by atoms with van der Waals surface area (Å²) in [5.74, 6) is 0.528. The van der Waals surface area contributed by atoms with Crippen molar-refractivity contribution in [1.29, 1.82) is 0 Å². The molecule has 0 radical (unpaired) electrons. The van der Waals surface area contributed by atoms with Gasteiger partial charge in [-0.05, 0) is 17.5 Å². The van der Waals surface area contributed by atoms with E-state index in [9.17, 15) is 4.39 Å². The Labute approximate surface area is 115 Å². The van der Waals surface area contributed by atoms with Crippen molar-refractivity contribution >= 4 is 5.69 Å². The Morgan fingerprint density at radius 1 is 1.21 bits per heavy atom. The first kappa shape index (κ1) is 14.3. The van der Waals surface area contributed by atoms with Crippen molar-refractivity contribution in [3.63, 3.8) is 0 Å². The highest BCUT2D eigenvalue weighted by Gasteiger charge is 2.21. The first-order chi connectivity index (χ1) is 9.11. The summed E-state index contributed by atoms with van der Waals surface area (Å²) in [5.41, 5.74) is 7.32. The van der Waals surface area contributed by atoms with Gasteiger partial charge >= 0.3 is 0 Å². The van der Waals surface area contributed by atoms with Crippen molar-refractivity contribution in [3.05, 3.63) is 29.6 Å². The van der Waals surface area contributed by atoms with Crippen molar-refractivity contribution < 1.29 is 4.39 Å². The molecular formula is C15H24FN3. The van der Waals surface area contributed by atoms with E-state index in [4.69, 9.17) is 5.73 Å². The second kappa shape index (κ2) is 6.35. The van der Waals surface area contributed by atoms with Crippen LogP contribution in [0, 0.1) is 11.7 Å². The van der Waals surface area contributed by atoms with Gasteiger partial charge in [0.2, 0.25) is 0 Å². The minimum atomic E-state index is -0.153. The maximum Gasteiger partial charge on any atom is 0.146 e. The van der Waals surface area contributed by atoms with Crippen molar-refractivity contribution in [2.24, 2.45) is 11.7 Å². The summed E-state index contributed by atoms with van der Waals surface area (Å²) in [6, 6.07) is 5.17. The van der Waals surface area contributed by atoms with E-state index in [2.05, 4.69) is 23.6 Å². The number of para-hydroxylation sites is 1. The summed E-state index contributed by atoms with van der Waals surface area (Å²) in [5, 5.41) is 0. The zero-order valence-corrected chi connectivity index (χ0v) is 11.9. The first-order valence-electron chi connectivity index (χ1n) is 7.06. The molecule has 106 valence electrons. The molecule has 1 aromatic rings. The highest BCUT2D eigenvalue weighted by Crippen LogP contribution is 2.25. The molecule has 0 spiro atoms. The molecule has 1 aliphatic heterocycles. The van der Waals surface area contributed by atoms with Crippen LogP contribution in [0.5, 0.6) is 0 Å². The van der Waals surface area contributed by atoms with Gasteiger partial charge in [0.15, 0.2) is 0 Å². The largest absolute Gasteiger partial charge is 0.366 e. The average Bonchev–Trinajstić information content (AvgIpc) is 2.39. The van der Waals surface area contributed by atoms with Gasteiger partial charge in [-0.3, -0.25) is 4.90 Å². The van der Waals surface area contributed by atoms with Crippen LogP contribution in [0.15, 0.2) is 18.2 Å². The van der Waals surface area contributed by atoms with Crippen LogP contribution in [0.1, 0.15) is 19.4 Å². The lowest BCUT2D eigenvalue weighted by molar-refractivity contribution is 0.230. The van der Waals surface area contributed by atoms with Crippen molar-refractivity contribution in [2.75, 3.05) is 37.6 Å².